The summed E-state index contributed by atoms with van der Waals surface area (Å²) in [6.07, 6.45) is 2.10. The molecule has 0 bridgehead atoms. The van der Waals surface area contributed by atoms with Gasteiger partial charge in [0.1, 0.15) is 0 Å². The van der Waals surface area contributed by atoms with Crippen LogP contribution in [-0.2, 0) is 20.1 Å². The third-order valence-electron chi connectivity index (χ3n) is 11.3. The molecule has 0 saturated heterocycles. The molecule has 0 unspecified atom stereocenters. The average molecular weight is 1040 g/mol. The predicted molar refractivity (Wildman–Crippen MR) is 254 cm³/mol. The first-order chi connectivity index (χ1) is 28.8. The van der Waals surface area contributed by atoms with E-state index in [-0.39, 0.29) is 20.1 Å². The molecule has 0 amide bonds. The first-order valence-electron chi connectivity index (χ1n) is 21.2. The van der Waals surface area contributed by atoms with Gasteiger partial charge < -0.3 is 4.57 Å². The Kier molecular flexibility index (Phi) is 13.0. The molecular weight excluding hydrogens is 985 g/mol. The Morgan fingerprint density at radius 3 is 1.97 bits per heavy atom. The van der Waals surface area contributed by atoms with E-state index in [0.29, 0.717) is 23.5 Å². The van der Waals surface area contributed by atoms with E-state index in [9.17, 15) is 0 Å². The van der Waals surface area contributed by atoms with Crippen molar-refractivity contribution < 1.29 is 24.5 Å². The molecule has 0 aliphatic heterocycles. The van der Waals surface area contributed by atoms with Crippen LogP contribution >= 0.6 is 0 Å². The van der Waals surface area contributed by atoms with Crippen molar-refractivity contribution in [3.05, 3.63) is 162 Å². The van der Waals surface area contributed by atoms with Crippen LogP contribution < -0.4 is 4.40 Å². The van der Waals surface area contributed by atoms with Gasteiger partial charge in [0.25, 0.3) is 0 Å². The van der Waals surface area contributed by atoms with Gasteiger partial charge in [-0.2, -0.15) is 0 Å². The minimum atomic E-state index is -1.99. The van der Waals surface area contributed by atoms with Crippen molar-refractivity contribution in [2.75, 3.05) is 0 Å². The van der Waals surface area contributed by atoms with Gasteiger partial charge in [-0.05, 0) is 58.4 Å². The molecule has 4 aromatic heterocycles. The number of aryl methyl sites for hydroxylation is 1. The molecule has 0 spiro atoms. The summed E-state index contributed by atoms with van der Waals surface area (Å²) in [4.78, 5) is 14.5. The van der Waals surface area contributed by atoms with Crippen LogP contribution in [0, 0.1) is 19.1 Å². The van der Waals surface area contributed by atoms with Gasteiger partial charge in [0.15, 0.2) is 0 Å². The SMILES string of the molecule is CC(C)c1cc(-c2ccccc2)cc(C(C)C)c1-n1c(-c2[c-]cccc2)nc2ccccc21.Cc1ccc2c(n1)oc1c(-c3cc(C(C)C)[c]([Ge]([CH3])([CH3])[CH3])cn3)[c-]ccc12.[Ir]. The van der Waals surface area contributed by atoms with Gasteiger partial charge in [-0.3, -0.25) is 4.98 Å². The number of pyridine rings is 2. The summed E-state index contributed by atoms with van der Waals surface area (Å²) in [5.41, 5.74) is 15.3. The Bertz CT molecular complexity index is 2930. The Morgan fingerprint density at radius 1 is 0.639 bits per heavy atom. The molecule has 0 fully saturated rings. The first-order valence-corrected chi connectivity index (χ1v) is 28.5. The molecule has 0 aliphatic carbocycles. The van der Waals surface area contributed by atoms with E-state index in [1.807, 2.05) is 37.3 Å². The number of fused-ring (bicyclic) bond motifs is 4. The van der Waals surface area contributed by atoms with Crippen molar-refractivity contribution in [2.45, 2.75) is 83.5 Å². The molecular formula is C54H54GeIrN4O-2. The Balaban J connectivity index is 0.000000185. The van der Waals surface area contributed by atoms with E-state index in [4.69, 9.17) is 14.4 Å². The van der Waals surface area contributed by atoms with Crippen LogP contribution in [0.4, 0.5) is 0 Å². The largest absolute Gasteiger partial charge is 0 e. The van der Waals surface area contributed by atoms with E-state index >= 15 is 0 Å². The predicted octanol–water partition coefficient (Wildman–Crippen LogP) is 14.2. The Morgan fingerprint density at radius 2 is 1.31 bits per heavy atom. The fraction of sp³-hybridized carbons (Fsp3) is 0.241. The number of hydrogen-bond donors (Lipinski definition) is 0. The van der Waals surface area contributed by atoms with Crippen LogP contribution in [0.2, 0.25) is 17.3 Å². The Labute approximate surface area is 377 Å². The summed E-state index contributed by atoms with van der Waals surface area (Å²) in [6.45, 7) is 15.6. The number of aromatic nitrogens is 4. The number of para-hydroxylation sites is 2. The first kappa shape index (κ1) is 43.9. The van der Waals surface area contributed by atoms with Gasteiger partial charge in [0.2, 0.25) is 0 Å². The zero-order valence-corrected chi connectivity index (χ0v) is 41.4. The average Bonchev–Trinajstić information content (AvgIpc) is 3.82. The van der Waals surface area contributed by atoms with Crippen molar-refractivity contribution in [3.63, 3.8) is 0 Å². The molecule has 5 aromatic carbocycles. The summed E-state index contributed by atoms with van der Waals surface area (Å²) in [6, 6.07) is 49.1. The van der Waals surface area contributed by atoms with E-state index in [1.165, 1.54) is 37.9 Å². The fourth-order valence-electron chi connectivity index (χ4n) is 8.20. The Hall–Kier alpha value is -5.14. The van der Waals surface area contributed by atoms with Gasteiger partial charge in [0.05, 0.1) is 16.9 Å². The maximum atomic E-state index is 6.15. The van der Waals surface area contributed by atoms with Gasteiger partial charge in [-0.25, -0.2) is 0 Å². The summed E-state index contributed by atoms with van der Waals surface area (Å²) in [7, 11) is 0. The molecule has 1 radical (unpaired) electrons. The summed E-state index contributed by atoms with van der Waals surface area (Å²) in [5.74, 6) is 9.37. The van der Waals surface area contributed by atoms with Crippen molar-refractivity contribution in [2.24, 2.45) is 0 Å². The number of nitrogens with zero attached hydrogens (tertiary/aromatic N) is 4. The van der Waals surface area contributed by atoms with E-state index < -0.39 is 13.3 Å². The second-order valence-corrected chi connectivity index (χ2v) is 28.4. The smallest absolute Gasteiger partial charge is 0 e. The molecule has 0 N–H and O–H groups in total. The van der Waals surface area contributed by atoms with Crippen LogP contribution in [0.15, 0.2) is 132 Å². The van der Waals surface area contributed by atoms with Crippen LogP contribution in [0.3, 0.4) is 0 Å². The minimum Gasteiger partial charge on any atom is 0 e. The molecule has 9 aromatic rings. The standard InChI is InChI=1S/C31H29N2.C23H25GeN2O.Ir/c1-21(2)26-19-25(23-13-7-5-8-14-23)20-27(22(3)4)30(26)33-29-18-12-11-17-28(29)32-31(33)24-15-9-6-10-16-24;1-14(2)19-12-21(25-13-20(19)24(4,5)6)18-9-7-8-16-17-11-10-15(3)26-23(17)27-22(16)18;/h5-15,17-22H,1-4H3;7-8,10-14H,1-6H3;/q2*-1;. The number of furan rings is 1. The van der Waals surface area contributed by atoms with Crippen LogP contribution in [0.25, 0.3) is 72.6 Å². The third-order valence-corrected chi connectivity index (χ3v) is 15.6. The number of hydrogen-bond acceptors (Lipinski definition) is 4. The van der Waals surface area contributed by atoms with Crippen LogP contribution in [0.1, 0.15) is 81.7 Å². The molecule has 61 heavy (non-hydrogen) atoms. The van der Waals surface area contributed by atoms with Gasteiger partial charge in [-0.1, -0.05) is 70.2 Å². The van der Waals surface area contributed by atoms with E-state index in [2.05, 4.69) is 178 Å². The summed E-state index contributed by atoms with van der Waals surface area (Å²) >= 11 is -1.99. The van der Waals surface area contributed by atoms with Crippen molar-refractivity contribution in [1.29, 1.82) is 0 Å². The summed E-state index contributed by atoms with van der Waals surface area (Å²) < 4.78 is 9.98. The third kappa shape index (κ3) is 8.82. The second kappa shape index (κ2) is 18.1. The number of imidazole rings is 1. The minimum absolute atomic E-state index is 0. The monoisotopic (exact) mass is 1040 g/mol. The molecule has 4 heterocycles. The van der Waals surface area contributed by atoms with Gasteiger partial charge >= 0.3 is 163 Å². The summed E-state index contributed by atoms with van der Waals surface area (Å²) in [5, 5.41) is 2.10. The maximum Gasteiger partial charge on any atom is 0 e. The molecule has 7 heteroatoms. The topological polar surface area (TPSA) is 56.7 Å². The zero-order valence-electron chi connectivity index (χ0n) is 36.9. The molecule has 311 valence electrons. The van der Waals surface area contributed by atoms with Crippen LogP contribution in [0.5, 0.6) is 0 Å². The number of benzene rings is 5. The van der Waals surface area contributed by atoms with E-state index in [1.54, 1.807) is 0 Å². The van der Waals surface area contributed by atoms with Crippen molar-refractivity contribution in [3.8, 4) is 39.5 Å². The van der Waals surface area contributed by atoms with E-state index in [0.717, 1.165) is 55.7 Å². The molecule has 5 nitrogen and oxygen atoms in total. The van der Waals surface area contributed by atoms with Crippen molar-refractivity contribution >= 4 is 50.8 Å². The maximum absolute atomic E-state index is 6.15. The number of rotatable bonds is 8. The van der Waals surface area contributed by atoms with Gasteiger partial charge in [-0.15, -0.1) is 35.9 Å². The normalized spacial score (nSPS) is 11.8. The van der Waals surface area contributed by atoms with Crippen molar-refractivity contribution in [1.82, 2.24) is 19.5 Å². The van der Waals surface area contributed by atoms with Gasteiger partial charge in [0, 0.05) is 25.8 Å². The molecule has 0 aliphatic rings. The molecule has 9 rings (SSSR count). The van der Waals surface area contributed by atoms with Crippen LogP contribution in [-0.4, -0.2) is 32.8 Å². The fourth-order valence-corrected chi connectivity index (χ4v) is 11.7. The molecule has 0 saturated carbocycles. The zero-order chi connectivity index (χ0) is 42.3. The molecule has 0 atom stereocenters. The second-order valence-electron chi connectivity index (χ2n) is 17.8. The quantitative estimate of drug-likeness (QED) is 0.112.